The molecule has 1 rings (SSSR count). The second kappa shape index (κ2) is 7.20. The molecule has 0 saturated heterocycles. The number of hydrogen-bond acceptors (Lipinski definition) is 2. The molecule has 1 aromatic rings. The summed E-state index contributed by atoms with van der Waals surface area (Å²) in [5.74, 6) is 1.22. The summed E-state index contributed by atoms with van der Waals surface area (Å²) in [5, 5.41) is 3.53. The lowest BCUT2D eigenvalue weighted by atomic mass is 10.1. The monoisotopic (exact) mass is 265 g/mol. The molecule has 2 heteroatoms. The van der Waals surface area contributed by atoms with E-state index in [0.29, 0.717) is 0 Å². The van der Waals surface area contributed by atoms with Crippen molar-refractivity contribution in [2.45, 2.75) is 57.9 Å². The highest BCUT2D eigenvalue weighted by molar-refractivity contribution is 7.99. The van der Waals surface area contributed by atoms with Gasteiger partial charge in [0.1, 0.15) is 0 Å². The van der Waals surface area contributed by atoms with Gasteiger partial charge in [0.2, 0.25) is 0 Å². The van der Waals surface area contributed by atoms with E-state index in [9.17, 15) is 0 Å². The fraction of sp³-hybridized carbons (Fsp3) is 0.625. The second-order valence-electron chi connectivity index (χ2n) is 5.98. The molecule has 0 spiro atoms. The lowest BCUT2D eigenvalue weighted by Gasteiger charge is -2.20. The van der Waals surface area contributed by atoms with Gasteiger partial charge in [-0.25, -0.2) is 0 Å². The molecule has 0 heterocycles. The van der Waals surface area contributed by atoms with Gasteiger partial charge in [0.25, 0.3) is 0 Å². The van der Waals surface area contributed by atoms with Gasteiger partial charge in [-0.05, 0) is 83.0 Å². The Morgan fingerprint density at radius 3 is 2.39 bits per heavy atom. The molecule has 0 atom stereocenters. The molecule has 0 saturated carbocycles. The zero-order valence-electron chi connectivity index (χ0n) is 12.5. The third kappa shape index (κ3) is 6.46. The molecule has 0 radical (unpaired) electrons. The van der Waals surface area contributed by atoms with Gasteiger partial charge in [0.15, 0.2) is 0 Å². The number of thioether (sulfide) groups is 1. The van der Waals surface area contributed by atoms with Crippen LogP contribution < -0.4 is 5.32 Å². The molecule has 1 aromatic carbocycles. The smallest absolute Gasteiger partial charge is 0.00965 e. The van der Waals surface area contributed by atoms with Crippen LogP contribution in [0.3, 0.4) is 0 Å². The number of unbranched alkanes of at least 4 members (excludes halogenated alkanes) is 1. The zero-order chi connectivity index (χ0) is 13.6. The highest BCUT2D eigenvalue weighted by Gasteiger charge is 2.06. The number of benzene rings is 1. The summed E-state index contributed by atoms with van der Waals surface area (Å²) in [4.78, 5) is 1.40. The van der Waals surface area contributed by atoms with E-state index in [4.69, 9.17) is 0 Å². The summed E-state index contributed by atoms with van der Waals surface area (Å²) >= 11 is 1.97. The van der Waals surface area contributed by atoms with Crippen LogP contribution in [0.1, 0.15) is 44.7 Å². The van der Waals surface area contributed by atoms with Crippen molar-refractivity contribution >= 4 is 11.8 Å². The van der Waals surface area contributed by atoms with Crippen molar-refractivity contribution in [1.29, 1.82) is 0 Å². The maximum Gasteiger partial charge on any atom is 0.00965 e. The van der Waals surface area contributed by atoms with Crippen LogP contribution in [0, 0.1) is 13.8 Å². The Hall–Kier alpha value is -0.470. The molecule has 1 nitrogen and oxygen atoms in total. The second-order valence-corrected chi connectivity index (χ2v) is 7.15. The Balaban J connectivity index is 2.16. The summed E-state index contributed by atoms with van der Waals surface area (Å²) in [6.07, 6.45) is 2.54. The zero-order valence-corrected chi connectivity index (χ0v) is 13.3. The van der Waals surface area contributed by atoms with Crippen LogP contribution in [0.25, 0.3) is 0 Å². The van der Waals surface area contributed by atoms with Crippen molar-refractivity contribution < 1.29 is 0 Å². The Morgan fingerprint density at radius 2 is 1.78 bits per heavy atom. The van der Waals surface area contributed by atoms with Crippen molar-refractivity contribution in [2.75, 3.05) is 12.3 Å². The van der Waals surface area contributed by atoms with Crippen molar-refractivity contribution in [1.82, 2.24) is 5.32 Å². The van der Waals surface area contributed by atoms with Crippen LogP contribution in [0.15, 0.2) is 23.1 Å². The highest BCUT2D eigenvalue weighted by atomic mass is 32.2. The van der Waals surface area contributed by atoms with Gasteiger partial charge in [0, 0.05) is 10.4 Å². The molecule has 0 unspecified atom stereocenters. The molecule has 18 heavy (non-hydrogen) atoms. The van der Waals surface area contributed by atoms with Gasteiger partial charge >= 0.3 is 0 Å². The van der Waals surface area contributed by atoms with Crippen LogP contribution in [0.5, 0.6) is 0 Å². The molecule has 102 valence electrons. The van der Waals surface area contributed by atoms with E-state index in [1.54, 1.807) is 0 Å². The summed E-state index contributed by atoms with van der Waals surface area (Å²) in [5.41, 5.74) is 3.03. The molecule has 0 aliphatic carbocycles. The molecule has 0 aliphatic heterocycles. The minimum atomic E-state index is 0.251. The quantitative estimate of drug-likeness (QED) is 0.597. The molecule has 1 N–H and O–H groups in total. The summed E-state index contributed by atoms with van der Waals surface area (Å²) in [6.45, 7) is 12.1. The van der Waals surface area contributed by atoms with Gasteiger partial charge in [-0.2, -0.15) is 0 Å². The predicted octanol–water partition coefficient (Wildman–Crippen LogP) is 4.56. The number of hydrogen-bond donors (Lipinski definition) is 1. The van der Waals surface area contributed by atoms with Gasteiger partial charge in [-0.1, -0.05) is 6.07 Å². The minimum absolute atomic E-state index is 0.251. The summed E-state index contributed by atoms with van der Waals surface area (Å²) in [7, 11) is 0. The maximum absolute atomic E-state index is 3.53. The highest BCUT2D eigenvalue weighted by Crippen LogP contribution is 2.21. The van der Waals surface area contributed by atoms with Crippen molar-refractivity contribution in [3.8, 4) is 0 Å². The summed E-state index contributed by atoms with van der Waals surface area (Å²) < 4.78 is 0. The van der Waals surface area contributed by atoms with Crippen LogP contribution in [-0.2, 0) is 0 Å². The first-order valence-electron chi connectivity index (χ1n) is 6.83. The van der Waals surface area contributed by atoms with Gasteiger partial charge in [0.05, 0.1) is 0 Å². The van der Waals surface area contributed by atoms with E-state index >= 15 is 0 Å². The fourth-order valence-corrected chi connectivity index (χ4v) is 2.69. The average molecular weight is 265 g/mol. The molecule has 0 aromatic heterocycles. The fourth-order valence-electron chi connectivity index (χ4n) is 1.68. The van der Waals surface area contributed by atoms with Crippen molar-refractivity contribution in [3.05, 3.63) is 29.3 Å². The van der Waals surface area contributed by atoms with Crippen LogP contribution >= 0.6 is 11.8 Å². The first-order chi connectivity index (χ1) is 8.38. The van der Waals surface area contributed by atoms with Gasteiger partial charge in [-0.15, -0.1) is 11.8 Å². The molecule has 0 aliphatic rings. The number of nitrogens with one attached hydrogen (secondary N) is 1. The van der Waals surface area contributed by atoms with Crippen molar-refractivity contribution in [3.63, 3.8) is 0 Å². The average Bonchev–Trinajstić information content (AvgIpc) is 2.26. The first kappa shape index (κ1) is 15.6. The SMILES string of the molecule is Cc1ccc(SCCCCNC(C)(C)C)cc1C. The third-order valence-corrected chi connectivity index (χ3v) is 4.05. The minimum Gasteiger partial charge on any atom is -0.312 e. The molecular weight excluding hydrogens is 238 g/mol. The van der Waals surface area contributed by atoms with E-state index in [2.05, 4.69) is 58.1 Å². The van der Waals surface area contributed by atoms with Gasteiger partial charge < -0.3 is 5.32 Å². The lowest BCUT2D eigenvalue weighted by Crippen LogP contribution is -2.36. The topological polar surface area (TPSA) is 12.0 Å². The van der Waals surface area contributed by atoms with E-state index in [0.717, 1.165) is 6.54 Å². The number of rotatable bonds is 6. The molecule has 0 bridgehead atoms. The molecule has 0 fully saturated rings. The van der Waals surface area contributed by atoms with Crippen LogP contribution in [-0.4, -0.2) is 17.8 Å². The largest absolute Gasteiger partial charge is 0.312 e. The Kier molecular flexibility index (Phi) is 6.24. The van der Waals surface area contributed by atoms with E-state index in [1.165, 1.54) is 34.6 Å². The Labute approximate surface area is 117 Å². The van der Waals surface area contributed by atoms with Crippen molar-refractivity contribution in [2.24, 2.45) is 0 Å². The number of aryl methyl sites for hydroxylation is 2. The van der Waals surface area contributed by atoms with E-state index < -0.39 is 0 Å². The Morgan fingerprint density at radius 1 is 1.06 bits per heavy atom. The first-order valence-corrected chi connectivity index (χ1v) is 7.82. The van der Waals surface area contributed by atoms with E-state index in [-0.39, 0.29) is 5.54 Å². The third-order valence-electron chi connectivity index (χ3n) is 2.97. The summed E-state index contributed by atoms with van der Waals surface area (Å²) in [6, 6.07) is 6.76. The van der Waals surface area contributed by atoms with Crippen LogP contribution in [0.4, 0.5) is 0 Å². The van der Waals surface area contributed by atoms with Crippen LogP contribution in [0.2, 0.25) is 0 Å². The molecular formula is C16H27NS. The maximum atomic E-state index is 3.53. The molecule has 0 amide bonds. The van der Waals surface area contributed by atoms with E-state index in [1.807, 2.05) is 11.8 Å². The van der Waals surface area contributed by atoms with Gasteiger partial charge in [-0.3, -0.25) is 0 Å². The predicted molar refractivity (Wildman–Crippen MR) is 83.6 cm³/mol. The Bertz CT molecular complexity index is 366. The standard InChI is InChI=1S/C16H27NS/c1-13-8-9-15(12-14(13)2)18-11-7-6-10-17-16(3,4)5/h8-9,12,17H,6-7,10-11H2,1-5H3. The lowest BCUT2D eigenvalue weighted by molar-refractivity contribution is 0.421. The normalized spacial score (nSPS) is 11.8.